The molecule has 3 nitrogen and oxygen atoms in total. The average Bonchev–Trinajstić information content (AvgIpc) is 2.63. The Morgan fingerprint density at radius 2 is 1.83 bits per heavy atom. The molecule has 0 spiro atoms. The summed E-state index contributed by atoms with van der Waals surface area (Å²) in [5, 5.41) is 0. The molecule has 0 unspecified atom stereocenters. The zero-order valence-electron chi connectivity index (χ0n) is 11.4. The molecule has 0 saturated carbocycles. The SMILES string of the molecule is CCCCN1CCCN(c2ccc(N)cc2)CC1. The minimum atomic E-state index is 0.846. The molecule has 0 radical (unpaired) electrons. The molecule has 1 heterocycles. The number of nitrogen functional groups attached to an aromatic ring is 1. The first-order chi connectivity index (χ1) is 8.79. The molecule has 0 atom stereocenters. The van der Waals surface area contributed by atoms with Gasteiger partial charge in [0.1, 0.15) is 0 Å². The van der Waals surface area contributed by atoms with Crippen molar-refractivity contribution in [3.63, 3.8) is 0 Å². The minimum absolute atomic E-state index is 0.846. The van der Waals surface area contributed by atoms with Gasteiger partial charge in [0.25, 0.3) is 0 Å². The summed E-state index contributed by atoms with van der Waals surface area (Å²) in [4.78, 5) is 5.08. The van der Waals surface area contributed by atoms with Crippen molar-refractivity contribution in [3.8, 4) is 0 Å². The zero-order chi connectivity index (χ0) is 12.8. The second kappa shape index (κ2) is 6.64. The summed E-state index contributed by atoms with van der Waals surface area (Å²) < 4.78 is 0. The summed E-state index contributed by atoms with van der Waals surface area (Å²) in [6, 6.07) is 8.26. The maximum absolute atomic E-state index is 5.74. The van der Waals surface area contributed by atoms with Crippen molar-refractivity contribution in [2.45, 2.75) is 26.2 Å². The quantitative estimate of drug-likeness (QED) is 0.830. The van der Waals surface area contributed by atoms with Crippen LogP contribution < -0.4 is 10.6 Å². The van der Waals surface area contributed by atoms with Crippen LogP contribution in [-0.2, 0) is 0 Å². The van der Waals surface area contributed by atoms with Gasteiger partial charge in [0.15, 0.2) is 0 Å². The number of hydrogen-bond acceptors (Lipinski definition) is 3. The van der Waals surface area contributed by atoms with Gasteiger partial charge in [-0.25, -0.2) is 0 Å². The third-order valence-electron chi connectivity index (χ3n) is 3.67. The van der Waals surface area contributed by atoms with Gasteiger partial charge in [0.05, 0.1) is 0 Å². The van der Waals surface area contributed by atoms with Crippen LogP contribution in [-0.4, -0.2) is 37.6 Å². The molecule has 0 bridgehead atoms. The number of nitrogens with two attached hydrogens (primary N) is 1. The Morgan fingerprint density at radius 1 is 1.06 bits per heavy atom. The normalized spacial score (nSPS) is 17.7. The summed E-state index contributed by atoms with van der Waals surface area (Å²) in [5.74, 6) is 0. The molecule has 1 aliphatic heterocycles. The van der Waals surface area contributed by atoms with Gasteiger partial charge in [-0.05, 0) is 50.2 Å². The standard InChI is InChI=1S/C15H25N3/c1-2-3-9-17-10-4-11-18(13-12-17)15-7-5-14(16)6-8-15/h5-8H,2-4,9-13,16H2,1H3. The Balaban J connectivity index is 1.90. The molecule has 2 rings (SSSR count). The average molecular weight is 247 g/mol. The second-order valence-electron chi connectivity index (χ2n) is 5.13. The van der Waals surface area contributed by atoms with Gasteiger partial charge < -0.3 is 15.5 Å². The third-order valence-corrected chi connectivity index (χ3v) is 3.67. The van der Waals surface area contributed by atoms with Crippen LogP contribution in [0.5, 0.6) is 0 Å². The molecule has 100 valence electrons. The van der Waals surface area contributed by atoms with Crippen molar-refractivity contribution in [1.29, 1.82) is 0 Å². The largest absolute Gasteiger partial charge is 0.399 e. The van der Waals surface area contributed by atoms with E-state index in [-0.39, 0.29) is 0 Å². The number of unbranched alkanes of at least 4 members (excludes halogenated alkanes) is 1. The molecule has 18 heavy (non-hydrogen) atoms. The van der Waals surface area contributed by atoms with Crippen LogP contribution in [0.25, 0.3) is 0 Å². The Bertz CT molecular complexity index is 347. The third kappa shape index (κ3) is 3.64. The summed E-state index contributed by atoms with van der Waals surface area (Å²) in [5.41, 5.74) is 7.89. The van der Waals surface area contributed by atoms with Crippen LogP contribution in [0.4, 0.5) is 11.4 Å². The molecular formula is C15H25N3. The van der Waals surface area contributed by atoms with Gasteiger partial charge in [-0.1, -0.05) is 13.3 Å². The predicted octanol–water partition coefficient (Wildman–Crippen LogP) is 2.58. The molecule has 1 aromatic carbocycles. The molecule has 1 aliphatic rings. The Hall–Kier alpha value is -1.22. The summed E-state index contributed by atoms with van der Waals surface area (Å²) in [6.07, 6.45) is 3.87. The number of anilines is 2. The van der Waals surface area contributed by atoms with Gasteiger partial charge in [-0.15, -0.1) is 0 Å². The van der Waals surface area contributed by atoms with Crippen LogP contribution >= 0.6 is 0 Å². The first kappa shape index (κ1) is 13.2. The first-order valence-electron chi connectivity index (χ1n) is 7.12. The Labute approximate surface area is 111 Å². The molecule has 1 fully saturated rings. The van der Waals surface area contributed by atoms with E-state index < -0.39 is 0 Å². The Morgan fingerprint density at radius 3 is 2.56 bits per heavy atom. The predicted molar refractivity (Wildman–Crippen MR) is 79.0 cm³/mol. The summed E-state index contributed by atoms with van der Waals surface area (Å²) >= 11 is 0. The Kier molecular flexibility index (Phi) is 4.88. The van der Waals surface area contributed by atoms with Crippen molar-refractivity contribution >= 4 is 11.4 Å². The molecule has 0 amide bonds. The van der Waals surface area contributed by atoms with E-state index in [4.69, 9.17) is 5.73 Å². The lowest BCUT2D eigenvalue weighted by molar-refractivity contribution is 0.289. The van der Waals surface area contributed by atoms with Crippen molar-refractivity contribution in [2.75, 3.05) is 43.4 Å². The van der Waals surface area contributed by atoms with Crippen LogP contribution in [0.3, 0.4) is 0 Å². The smallest absolute Gasteiger partial charge is 0.0368 e. The van der Waals surface area contributed by atoms with E-state index in [1.54, 1.807) is 0 Å². The maximum Gasteiger partial charge on any atom is 0.0368 e. The van der Waals surface area contributed by atoms with Gasteiger partial charge >= 0.3 is 0 Å². The topological polar surface area (TPSA) is 32.5 Å². The van der Waals surface area contributed by atoms with Crippen molar-refractivity contribution in [1.82, 2.24) is 4.90 Å². The molecule has 2 N–H and O–H groups in total. The van der Waals surface area contributed by atoms with E-state index in [0.717, 1.165) is 18.8 Å². The highest BCUT2D eigenvalue weighted by atomic mass is 15.2. The van der Waals surface area contributed by atoms with Crippen molar-refractivity contribution in [3.05, 3.63) is 24.3 Å². The summed E-state index contributed by atoms with van der Waals surface area (Å²) in [7, 11) is 0. The van der Waals surface area contributed by atoms with E-state index >= 15 is 0 Å². The van der Waals surface area contributed by atoms with E-state index in [2.05, 4.69) is 28.9 Å². The first-order valence-corrected chi connectivity index (χ1v) is 7.12. The fourth-order valence-electron chi connectivity index (χ4n) is 2.52. The molecule has 0 aromatic heterocycles. The lowest BCUT2D eigenvalue weighted by atomic mass is 10.2. The number of nitrogens with zero attached hydrogens (tertiary/aromatic N) is 2. The van der Waals surface area contributed by atoms with Crippen molar-refractivity contribution in [2.24, 2.45) is 0 Å². The highest BCUT2D eigenvalue weighted by Gasteiger charge is 2.14. The fourth-order valence-corrected chi connectivity index (χ4v) is 2.52. The molecular weight excluding hydrogens is 222 g/mol. The van der Waals surface area contributed by atoms with E-state index in [9.17, 15) is 0 Å². The lowest BCUT2D eigenvalue weighted by Gasteiger charge is -2.23. The van der Waals surface area contributed by atoms with E-state index in [1.807, 2.05) is 12.1 Å². The van der Waals surface area contributed by atoms with E-state index in [0.29, 0.717) is 0 Å². The highest BCUT2D eigenvalue weighted by Crippen LogP contribution is 2.18. The molecule has 1 saturated heterocycles. The molecule has 1 aromatic rings. The van der Waals surface area contributed by atoms with Crippen molar-refractivity contribution < 1.29 is 0 Å². The van der Waals surface area contributed by atoms with Crippen LogP contribution in [0.15, 0.2) is 24.3 Å². The lowest BCUT2D eigenvalue weighted by Crippen LogP contribution is -2.31. The van der Waals surface area contributed by atoms with Gasteiger partial charge in [0, 0.05) is 31.0 Å². The van der Waals surface area contributed by atoms with Crippen LogP contribution in [0, 0.1) is 0 Å². The second-order valence-corrected chi connectivity index (χ2v) is 5.13. The monoisotopic (exact) mass is 247 g/mol. The maximum atomic E-state index is 5.74. The molecule has 0 aliphatic carbocycles. The minimum Gasteiger partial charge on any atom is -0.399 e. The van der Waals surface area contributed by atoms with Gasteiger partial charge in [-0.3, -0.25) is 0 Å². The molecule has 3 heteroatoms. The van der Waals surface area contributed by atoms with Gasteiger partial charge in [0.2, 0.25) is 0 Å². The van der Waals surface area contributed by atoms with Crippen LogP contribution in [0.2, 0.25) is 0 Å². The number of benzene rings is 1. The fraction of sp³-hybridized carbons (Fsp3) is 0.600. The van der Waals surface area contributed by atoms with Crippen LogP contribution in [0.1, 0.15) is 26.2 Å². The van der Waals surface area contributed by atoms with Gasteiger partial charge in [-0.2, -0.15) is 0 Å². The zero-order valence-corrected chi connectivity index (χ0v) is 11.4. The number of rotatable bonds is 4. The summed E-state index contributed by atoms with van der Waals surface area (Å²) in [6.45, 7) is 8.24. The number of hydrogen-bond donors (Lipinski definition) is 1. The highest BCUT2D eigenvalue weighted by molar-refractivity contribution is 5.53. The van der Waals surface area contributed by atoms with E-state index in [1.165, 1.54) is 44.6 Å².